The predicted molar refractivity (Wildman–Crippen MR) is 71.4 cm³/mol. The zero-order valence-electron chi connectivity index (χ0n) is 11.2. The minimum Gasteiger partial charge on any atom is -0.481 e. The summed E-state index contributed by atoms with van der Waals surface area (Å²) in [7, 11) is 0. The van der Waals surface area contributed by atoms with Gasteiger partial charge in [-0.25, -0.2) is 4.39 Å². The molecule has 1 unspecified atom stereocenters. The van der Waals surface area contributed by atoms with Gasteiger partial charge in [-0.05, 0) is 25.5 Å². The maximum atomic E-state index is 14.1. The van der Waals surface area contributed by atoms with Crippen molar-refractivity contribution in [3.8, 4) is 6.07 Å². The van der Waals surface area contributed by atoms with Gasteiger partial charge in [0.15, 0.2) is 0 Å². The van der Waals surface area contributed by atoms with Gasteiger partial charge in [0.1, 0.15) is 11.9 Å². The van der Waals surface area contributed by atoms with Crippen molar-refractivity contribution in [3.05, 3.63) is 35.1 Å². The lowest BCUT2D eigenvalue weighted by Gasteiger charge is -2.35. The van der Waals surface area contributed by atoms with E-state index < -0.39 is 11.8 Å². The second kappa shape index (κ2) is 6.49. The quantitative estimate of drug-likeness (QED) is 0.917. The molecule has 0 saturated carbocycles. The second-order valence-electron chi connectivity index (χ2n) is 5.11. The monoisotopic (exact) mass is 276 g/mol. The van der Waals surface area contributed by atoms with Crippen LogP contribution in [0.3, 0.4) is 0 Å². The predicted octanol–water partition coefficient (Wildman–Crippen LogP) is 2.53. The van der Waals surface area contributed by atoms with Gasteiger partial charge < -0.3 is 5.11 Å². The summed E-state index contributed by atoms with van der Waals surface area (Å²) < 4.78 is 14.1. The van der Waals surface area contributed by atoms with Gasteiger partial charge in [0.2, 0.25) is 0 Å². The van der Waals surface area contributed by atoms with Crippen molar-refractivity contribution >= 4 is 5.97 Å². The normalized spacial score (nSPS) is 19.5. The molecule has 1 aliphatic rings. The third-order valence-electron chi connectivity index (χ3n) is 3.73. The Morgan fingerprint density at radius 2 is 2.30 bits per heavy atom. The van der Waals surface area contributed by atoms with E-state index in [4.69, 9.17) is 10.4 Å². The van der Waals surface area contributed by atoms with Crippen LogP contribution in [0.15, 0.2) is 18.2 Å². The first kappa shape index (κ1) is 14.5. The standard InChI is InChI=1S/C15H17FN2O2/c16-15-11(9-17)4-3-5-12(15)10-18-7-2-1-6-13(18)8-14(19)20/h3-5,13H,1-2,6-8,10H2,(H,19,20). The number of aliphatic carboxylic acids is 1. The number of carbonyl (C=O) groups is 1. The number of piperidine rings is 1. The van der Waals surface area contributed by atoms with Crippen LogP contribution >= 0.6 is 0 Å². The third-order valence-corrected chi connectivity index (χ3v) is 3.73. The van der Waals surface area contributed by atoms with Crippen molar-refractivity contribution in [2.24, 2.45) is 0 Å². The minimum atomic E-state index is -0.826. The van der Waals surface area contributed by atoms with E-state index in [-0.39, 0.29) is 18.0 Å². The molecule has 1 heterocycles. The Bertz CT molecular complexity index is 539. The third kappa shape index (κ3) is 3.34. The largest absolute Gasteiger partial charge is 0.481 e. The molecule has 1 saturated heterocycles. The second-order valence-corrected chi connectivity index (χ2v) is 5.11. The fourth-order valence-corrected chi connectivity index (χ4v) is 2.71. The van der Waals surface area contributed by atoms with Crippen LogP contribution in [-0.4, -0.2) is 28.6 Å². The molecule has 20 heavy (non-hydrogen) atoms. The highest BCUT2D eigenvalue weighted by Crippen LogP contribution is 2.23. The maximum absolute atomic E-state index is 14.1. The lowest BCUT2D eigenvalue weighted by atomic mass is 9.98. The van der Waals surface area contributed by atoms with Gasteiger partial charge in [0.05, 0.1) is 12.0 Å². The molecule has 1 atom stereocenters. The van der Waals surface area contributed by atoms with Crippen LogP contribution in [0.5, 0.6) is 0 Å². The molecule has 0 radical (unpaired) electrons. The van der Waals surface area contributed by atoms with Crippen molar-refractivity contribution in [3.63, 3.8) is 0 Å². The first-order chi connectivity index (χ1) is 9.61. The minimum absolute atomic E-state index is 0.0364. The highest BCUT2D eigenvalue weighted by Gasteiger charge is 2.25. The number of carboxylic acids is 1. The van der Waals surface area contributed by atoms with Crippen LogP contribution in [0.4, 0.5) is 4.39 Å². The van der Waals surface area contributed by atoms with Crippen LogP contribution in [0.25, 0.3) is 0 Å². The number of benzene rings is 1. The smallest absolute Gasteiger partial charge is 0.304 e. The molecule has 1 aromatic rings. The van der Waals surface area contributed by atoms with Crippen LogP contribution < -0.4 is 0 Å². The number of hydrogen-bond acceptors (Lipinski definition) is 3. The SMILES string of the molecule is N#Cc1cccc(CN2CCCCC2CC(=O)O)c1F. The van der Waals surface area contributed by atoms with Gasteiger partial charge in [0, 0.05) is 18.2 Å². The zero-order valence-corrected chi connectivity index (χ0v) is 11.2. The van der Waals surface area contributed by atoms with Crippen LogP contribution in [0, 0.1) is 17.1 Å². The highest BCUT2D eigenvalue weighted by molar-refractivity contribution is 5.67. The topological polar surface area (TPSA) is 64.3 Å². The van der Waals surface area contributed by atoms with Gasteiger partial charge in [0.25, 0.3) is 0 Å². The molecule has 0 bridgehead atoms. The van der Waals surface area contributed by atoms with Crippen molar-refractivity contribution in [1.29, 1.82) is 5.26 Å². The van der Waals surface area contributed by atoms with Crippen molar-refractivity contribution in [2.75, 3.05) is 6.54 Å². The summed E-state index contributed by atoms with van der Waals surface area (Å²) in [6.07, 6.45) is 2.91. The lowest BCUT2D eigenvalue weighted by molar-refractivity contribution is -0.138. The van der Waals surface area contributed by atoms with E-state index in [9.17, 15) is 9.18 Å². The van der Waals surface area contributed by atoms with E-state index >= 15 is 0 Å². The first-order valence-corrected chi connectivity index (χ1v) is 6.75. The first-order valence-electron chi connectivity index (χ1n) is 6.75. The van der Waals surface area contributed by atoms with Gasteiger partial charge in [-0.15, -0.1) is 0 Å². The van der Waals surface area contributed by atoms with Crippen LogP contribution in [-0.2, 0) is 11.3 Å². The molecule has 1 N–H and O–H groups in total. The number of rotatable bonds is 4. The number of likely N-dealkylation sites (tertiary alicyclic amines) is 1. The fourth-order valence-electron chi connectivity index (χ4n) is 2.71. The van der Waals surface area contributed by atoms with E-state index in [2.05, 4.69) is 0 Å². The molecular formula is C15H17FN2O2. The van der Waals surface area contributed by atoms with E-state index in [1.54, 1.807) is 12.1 Å². The lowest BCUT2D eigenvalue weighted by Crippen LogP contribution is -2.40. The summed E-state index contributed by atoms with van der Waals surface area (Å²) in [6, 6.07) is 6.54. The summed E-state index contributed by atoms with van der Waals surface area (Å²) in [6.45, 7) is 1.13. The van der Waals surface area contributed by atoms with E-state index in [1.165, 1.54) is 6.07 Å². The Morgan fingerprint density at radius 3 is 3.00 bits per heavy atom. The highest BCUT2D eigenvalue weighted by atomic mass is 19.1. The Kier molecular flexibility index (Phi) is 4.70. The molecule has 0 aliphatic carbocycles. The van der Waals surface area contributed by atoms with E-state index in [0.29, 0.717) is 12.1 Å². The number of nitrogens with zero attached hydrogens (tertiary/aromatic N) is 2. The molecule has 0 aromatic heterocycles. The summed E-state index contributed by atoms with van der Waals surface area (Å²) in [5.74, 6) is -1.32. The summed E-state index contributed by atoms with van der Waals surface area (Å²) in [5.41, 5.74) is 0.496. The molecule has 1 aromatic carbocycles. The number of halogens is 1. The number of nitriles is 1. The van der Waals surface area contributed by atoms with Gasteiger partial charge in [-0.3, -0.25) is 9.69 Å². The van der Waals surface area contributed by atoms with Crippen LogP contribution in [0.2, 0.25) is 0 Å². The van der Waals surface area contributed by atoms with E-state index in [1.807, 2.05) is 11.0 Å². The zero-order chi connectivity index (χ0) is 14.5. The molecule has 5 heteroatoms. The Labute approximate surface area is 117 Å². The number of carboxylic acid groups (broad SMARTS) is 1. The molecular weight excluding hydrogens is 259 g/mol. The average molecular weight is 276 g/mol. The maximum Gasteiger partial charge on any atom is 0.304 e. The summed E-state index contributed by atoms with van der Waals surface area (Å²) in [4.78, 5) is 12.9. The average Bonchev–Trinajstić information content (AvgIpc) is 2.42. The van der Waals surface area contributed by atoms with Crippen molar-refractivity contribution in [2.45, 2.75) is 38.3 Å². The summed E-state index contributed by atoms with van der Waals surface area (Å²) >= 11 is 0. The fraction of sp³-hybridized carbons (Fsp3) is 0.467. The molecule has 0 spiro atoms. The van der Waals surface area contributed by atoms with Gasteiger partial charge in [-0.2, -0.15) is 5.26 Å². The molecule has 1 fully saturated rings. The van der Waals surface area contributed by atoms with E-state index in [0.717, 1.165) is 25.8 Å². The summed E-state index contributed by atoms with van der Waals surface area (Å²) in [5, 5.41) is 17.8. The Morgan fingerprint density at radius 1 is 1.50 bits per heavy atom. The van der Waals surface area contributed by atoms with Crippen molar-refractivity contribution < 1.29 is 14.3 Å². The van der Waals surface area contributed by atoms with Crippen molar-refractivity contribution in [1.82, 2.24) is 4.90 Å². The molecule has 1 aliphatic heterocycles. The molecule has 2 rings (SSSR count). The molecule has 0 amide bonds. The van der Waals surface area contributed by atoms with Crippen LogP contribution in [0.1, 0.15) is 36.8 Å². The number of hydrogen-bond donors (Lipinski definition) is 1. The Balaban J connectivity index is 2.15. The van der Waals surface area contributed by atoms with Gasteiger partial charge in [-0.1, -0.05) is 18.6 Å². The Hall–Kier alpha value is -1.93. The van der Waals surface area contributed by atoms with Gasteiger partial charge >= 0.3 is 5.97 Å². The molecule has 106 valence electrons. The molecule has 4 nitrogen and oxygen atoms in total.